The average molecular weight is 415 g/mol. The summed E-state index contributed by atoms with van der Waals surface area (Å²) in [5, 5.41) is 12.5. The van der Waals surface area contributed by atoms with Crippen LogP contribution in [0.2, 0.25) is 0 Å². The number of amides is 1. The molecule has 1 aromatic heterocycles. The van der Waals surface area contributed by atoms with Crippen LogP contribution < -0.4 is 14.8 Å². The maximum absolute atomic E-state index is 12.4. The first-order chi connectivity index (χ1) is 13.9. The van der Waals surface area contributed by atoms with Crippen molar-refractivity contribution in [2.24, 2.45) is 0 Å². The Bertz CT molecular complexity index is 956. The summed E-state index contributed by atoms with van der Waals surface area (Å²) in [6.07, 6.45) is 0. The van der Waals surface area contributed by atoms with E-state index in [9.17, 15) is 14.9 Å². The summed E-state index contributed by atoms with van der Waals surface area (Å²) in [6.45, 7) is 3.58. The molecule has 0 saturated heterocycles. The van der Waals surface area contributed by atoms with Crippen LogP contribution in [-0.2, 0) is 9.53 Å². The molecule has 1 N–H and O–H groups in total. The zero-order valence-corrected chi connectivity index (χ0v) is 17.4. The summed E-state index contributed by atoms with van der Waals surface area (Å²) in [5.74, 6) is 0.245. The Morgan fingerprint density at radius 2 is 2.00 bits per heavy atom. The van der Waals surface area contributed by atoms with Gasteiger partial charge in [-0.15, -0.1) is 0 Å². The molecule has 1 amide bonds. The van der Waals surface area contributed by atoms with Crippen molar-refractivity contribution in [3.63, 3.8) is 0 Å². The SMILES string of the molecule is CCOC(=O)c1cc(C#N)c(SCC(=O)Nc2cc(OC)ccc2OC)nc1C. The second-order valence-corrected chi connectivity index (χ2v) is 6.67. The van der Waals surface area contributed by atoms with Gasteiger partial charge in [0.15, 0.2) is 0 Å². The van der Waals surface area contributed by atoms with Gasteiger partial charge in [-0.2, -0.15) is 5.26 Å². The van der Waals surface area contributed by atoms with E-state index in [-0.39, 0.29) is 29.4 Å². The fourth-order valence-electron chi connectivity index (χ4n) is 2.42. The molecule has 0 bridgehead atoms. The van der Waals surface area contributed by atoms with Crippen LogP contribution in [0.1, 0.15) is 28.5 Å². The monoisotopic (exact) mass is 415 g/mol. The first kappa shape index (κ1) is 22.0. The van der Waals surface area contributed by atoms with E-state index in [0.717, 1.165) is 11.8 Å². The van der Waals surface area contributed by atoms with E-state index in [1.54, 1.807) is 32.0 Å². The minimum atomic E-state index is -0.534. The molecule has 1 aromatic carbocycles. The number of esters is 1. The summed E-state index contributed by atoms with van der Waals surface area (Å²) in [7, 11) is 3.03. The van der Waals surface area contributed by atoms with Crippen molar-refractivity contribution in [2.75, 3.05) is 31.9 Å². The lowest BCUT2D eigenvalue weighted by molar-refractivity contribution is -0.113. The van der Waals surface area contributed by atoms with Gasteiger partial charge < -0.3 is 19.5 Å². The highest BCUT2D eigenvalue weighted by Crippen LogP contribution is 2.29. The molecule has 1 heterocycles. The molecular formula is C20H21N3O5S. The zero-order valence-electron chi connectivity index (χ0n) is 16.6. The van der Waals surface area contributed by atoms with E-state index >= 15 is 0 Å². The third-order valence-corrected chi connectivity index (χ3v) is 4.81. The summed E-state index contributed by atoms with van der Waals surface area (Å²) in [6, 6.07) is 8.51. The van der Waals surface area contributed by atoms with Crippen LogP contribution in [0.15, 0.2) is 29.3 Å². The molecule has 0 atom stereocenters. The number of nitrogens with one attached hydrogen (secondary N) is 1. The molecule has 0 aliphatic carbocycles. The van der Waals surface area contributed by atoms with E-state index in [4.69, 9.17) is 14.2 Å². The van der Waals surface area contributed by atoms with Crippen molar-refractivity contribution in [3.05, 3.63) is 41.1 Å². The topological polar surface area (TPSA) is 111 Å². The quantitative estimate of drug-likeness (QED) is 0.517. The molecule has 152 valence electrons. The lowest BCUT2D eigenvalue weighted by Gasteiger charge is -2.12. The number of aromatic nitrogens is 1. The fraction of sp³-hybridized carbons (Fsp3) is 0.300. The van der Waals surface area contributed by atoms with Crippen molar-refractivity contribution >= 4 is 29.3 Å². The van der Waals surface area contributed by atoms with Gasteiger partial charge in [0, 0.05) is 6.07 Å². The average Bonchev–Trinajstić information content (AvgIpc) is 2.72. The van der Waals surface area contributed by atoms with Gasteiger partial charge in [0.2, 0.25) is 5.91 Å². The first-order valence-corrected chi connectivity index (χ1v) is 9.65. The third kappa shape index (κ3) is 5.62. The molecule has 0 spiro atoms. The number of thioether (sulfide) groups is 1. The highest BCUT2D eigenvalue weighted by atomic mass is 32.2. The second kappa shape index (κ2) is 10.3. The molecule has 0 aliphatic rings. The van der Waals surface area contributed by atoms with Crippen LogP contribution in [0.4, 0.5) is 5.69 Å². The number of anilines is 1. The highest BCUT2D eigenvalue weighted by Gasteiger charge is 2.17. The number of hydrogen-bond donors (Lipinski definition) is 1. The number of carbonyl (C=O) groups is 2. The van der Waals surface area contributed by atoms with Crippen molar-refractivity contribution < 1.29 is 23.8 Å². The number of carbonyl (C=O) groups excluding carboxylic acids is 2. The number of nitrogens with zero attached hydrogens (tertiary/aromatic N) is 2. The number of methoxy groups -OCH3 is 2. The number of rotatable bonds is 8. The van der Waals surface area contributed by atoms with Crippen LogP contribution in [0, 0.1) is 18.3 Å². The van der Waals surface area contributed by atoms with E-state index < -0.39 is 5.97 Å². The van der Waals surface area contributed by atoms with Crippen LogP contribution in [0.3, 0.4) is 0 Å². The van der Waals surface area contributed by atoms with Crippen LogP contribution >= 0.6 is 11.8 Å². The second-order valence-electron chi connectivity index (χ2n) is 5.71. The smallest absolute Gasteiger partial charge is 0.340 e. The Morgan fingerprint density at radius 3 is 2.62 bits per heavy atom. The minimum absolute atomic E-state index is 0.0141. The number of nitriles is 1. The standard InChI is InChI=1S/C20H21N3O5S/c1-5-28-20(25)15-8-13(10-21)19(22-12(15)2)29-11-18(24)23-16-9-14(26-3)6-7-17(16)27-4/h6-9H,5,11H2,1-4H3,(H,23,24). The van der Waals surface area contributed by atoms with Gasteiger partial charge in [0.05, 0.1) is 49.1 Å². The third-order valence-electron chi connectivity index (χ3n) is 3.81. The molecule has 29 heavy (non-hydrogen) atoms. The van der Waals surface area contributed by atoms with Crippen LogP contribution in [0.25, 0.3) is 0 Å². The number of benzene rings is 1. The molecule has 0 aliphatic heterocycles. The molecule has 0 radical (unpaired) electrons. The molecule has 2 rings (SSSR count). The fourth-order valence-corrected chi connectivity index (χ4v) is 3.22. The highest BCUT2D eigenvalue weighted by molar-refractivity contribution is 8.00. The predicted molar refractivity (Wildman–Crippen MR) is 109 cm³/mol. The van der Waals surface area contributed by atoms with Gasteiger partial charge in [-0.3, -0.25) is 4.79 Å². The van der Waals surface area contributed by atoms with Gasteiger partial charge in [-0.1, -0.05) is 11.8 Å². The summed E-state index contributed by atoms with van der Waals surface area (Å²) in [5.41, 5.74) is 1.34. The van der Waals surface area contributed by atoms with Crippen LogP contribution in [-0.4, -0.2) is 43.4 Å². The summed E-state index contributed by atoms with van der Waals surface area (Å²) in [4.78, 5) is 28.6. The molecular weight excluding hydrogens is 394 g/mol. The van der Waals surface area contributed by atoms with Crippen molar-refractivity contribution in [1.82, 2.24) is 4.98 Å². The zero-order chi connectivity index (χ0) is 21.4. The van der Waals surface area contributed by atoms with Gasteiger partial charge in [-0.25, -0.2) is 9.78 Å². The minimum Gasteiger partial charge on any atom is -0.497 e. The van der Waals surface area contributed by atoms with Gasteiger partial charge in [0.1, 0.15) is 22.6 Å². The number of pyridine rings is 1. The van der Waals surface area contributed by atoms with E-state index in [1.165, 1.54) is 20.3 Å². The maximum Gasteiger partial charge on any atom is 0.340 e. The largest absolute Gasteiger partial charge is 0.497 e. The Hall–Kier alpha value is -3.25. The normalized spacial score (nSPS) is 10.0. The first-order valence-electron chi connectivity index (χ1n) is 8.67. The van der Waals surface area contributed by atoms with Crippen LogP contribution in [0.5, 0.6) is 11.5 Å². The summed E-state index contributed by atoms with van der Waals surface area (Å²) < 4.78 is 15.4. The molecule has 2 aromatic rings. The lowest BCUT2D eigenvalue weighted by Crippen LogP contribution is -2.15. The van der Waals surface area contributed by atoms with E-state index in [0.29, 0.717) is 27.9 Å². The van der Waals surface area contributed by atoms with Gasteiger partial charge in [0.25, 0.3) is 0 Å². The molecule has 0 fully saturated rings. The molecule has 0 saturated carbocycles. The van der Waals surface area contributed by atoms with Crippen molar-refractivity contribution in [2.45, 2.75) is 18.9 Å². The maximum atomic E-state index is 12.4. The molecule has 0 unspecified atom stereocenters. The van der Waals surface area contributed by atoms with E-state index in [2.05, 4.69) is 10.3 Å². The lowest BCUT2D eigenvalue weighted by atomic mass is 10.1. The van der Waals surface area contributed by atoms with Gasteiger partial charge >= 0.3 is 5.97 Å². The van der Waals surface area contributed by atoms with E-state index in [1.807, 2.05) is 6.07 Å². The molecule has 8 nitrogen and oxygen atoms in total. The Kier molecular flexibility index (Phi) is 7.86. The number of hydrogen-bond acceptors (Lipinski definition) is 8. The van der Waals surface area contributed by atoms with Gasteiger partial charge in [-0.05, 0) is 32.0 Å². The van der Waals surface area contributed by atoms with Crippen molar-refractivity contribution in [3.8, 4) is 17.6 Å². The Balaban J connectivity index is 2.13. The number of aryl methyl sites for hydroxylation is 1. The Morgan fingerprint density at radius 1 is 1.24 bits per heavy atom. The predicted octanol–water partition coefficient (Wildman–Crippen LogP) is 3.19. The summed E-state index contributed by atoms with van der Waals surface area (Å²) >= 11 is 1.10. The Labute approximate surface area is 173 Å². The van der Waals surface area contributed by atoms with Crippen molar-refractivity contribution in [1.29, 1.82) is 5.26 Å². The molecule has 9 heteroatoms. The number of ether oxygens (including phenoxy) is 3.